The van der Waals surface area contributed by atoms with E-state index in [2.05, 4.69) is 20.7 Å². The van der Waals surface area contributed by atoms with Crippen molar-refractivity contribution in [2.45, 2.75) is 18.2 Å². The van der Waals surface area contributed by atoms with Crippen LogP contribution in [-0.2, 0) is 10.0 Å². The minimum Gasteiger partial charge on any atom is -0.478 e. The molecule has 0 saturated carbocycles. The Hall–Kier alpha value is -0.960. The van der Waals surface area contributed by atoms with Gasteiger partial charge in [-0.3, -0.25) is 0 Å². The van der Waals surface area contributed by atoms with Gasteiger partial charge < -0.3 is 10.0 Å². The third-order valence-corrected chi connectivity index (χ3v) is 5.32. The molecular formula is C13H19BrN2O4S. The highest BCUT2D eigenvalue weighted by atomic mass is 79.9. The third-order valence-electron chi connectivity index (χ3n) is 2.91. The van der Waals surface area contributed by atoms with Gasteiger partial charge in [0, 0.05) is 11.0 Å². The Kier molecular flexibility index (Phi) is 6.33. The van der Waals surface area contributed by atoms with Gasteiger partial charge in [-0.15, -0.1) is 0 Å². The van der Waals surface area contributed by atoms with Crippen LogP contribution < -0.4 is 4.72 Å². The van der Waals surface area contributed by atoms with Crippen LogP contribution in [0.2, 0.25) is 0 Å². The molecule has 0 fully saturated rings. The second-order valence-electron chi connectivity index (χ2n) is 4.94. The first-order valence-electron chi connectivity index (χ1n) is 6.33. The van der Waals surface area contributed by atoms with Crippen LogP contribution in [0.1, 0.15) is 22.3 Å². The van der Waals surface area contributed by atoms with Gasteiger partial charge in [0.1, 0.15) is 0 Å². The van der Waals surface area contributed by atoms with Crippen molar-refractivity contribution in [2.75, 3.05) is 27.2 Å². The first kappa shape index (κ1) is 18.1. The molecule has 0 atom stereocenters. The van der Waals surface area contributed by atoms with Crippen LogP contribution in [0, 0.1) is 6.92 Å². The molecular weight excluding hydrogens is 360 g/mol. The predicted octanol–water partition coefficient (Wildman–Crippen LogP) is 1.69. The Morgan fingerprint density at radius 1 is 1.38 bits per heavy atom. The molecule has 0 aliphatic heterocycles. The van der Waals surface area contributed by atoms with E-state index in [1.54, 1.807) is 6.92 Å². The maximum atomic E-state index is 12.3. The maximum Gasteiger partial charge on any atom is 0.335 e. The number of aromatic carboxylic acids is 1. The zero-order valence-corrected chi connectivity index (χ0v) is 14.6. The number of sulfonamides is 1. The van der Waals surface area contributed by atoms with E-state index >= 15 is 0 Å². The summed E-state index contributed by atoms with van der Waals surface area (Å²) in [5.74, 6) is -1.17. The lowest BCUT2D eigenvalue weighted by Crippen LogP contribution is -2.28. The summed E-state index contributed by atoms with van der Waals surface area (Å²) in [6, 6.07) is 2.57. The molecule has 1 aromatic rings. The van der Waals surface area contributed by atoms with E-state index in [0.29, 0.717) is 23.0 Å². The summed E-state index contributed by atoms with van der Waals surface area (Å²) in [7, 11) is 0.0884. The Morgan fingerprint density at radius 2 is 2.00 bits per heavy atom. The minimum atomic E-state index is -3.73. The van der Waals surface area contributed by atoms with Gasteiger partial charge in [-0.05, 0) is 51.7 Å². The smallest absolute Gasteiger partial charge is 0.335 e. The molecule has 0 bridgehead atoms. The zero-order chi connectivity index (χ0) is 16.2. The number of hydrogen-bond donors (Lipinski definition) is 2. The summed E-state index contributed by atoms with van der Waals surface area (Å²) in [6.07, 6.45) is 0.672. The van der Waals surface area contributed by atoms with Crippen LogP contribution in [0.4, 0.5) is 0 Å². The monoisotopic (exact) mass is 378 g/mol. The molecule has 8 heteroatoms. The van der Waals surface area contributed by atoms with E-state index < -0.39 is 16.0 Å². The SMILES string of the molecule is Cc1c(Br)cc(C(=O)O)cc1S(=O)(=O)NCCCN(C)C. The standard InChI is InChI=1S/C13H19BrN2O4S/c1-9-11(14)7-10(13(17)18)8-12(9)21(19,20)15-5-4-6-16(2)3/h7-8,15H,4-6H2,1-3H3,(H,17,18). The lowest BCUT2D eigenvalue weighted by molar-refractivity contribution is 0.0696. The van der Waals surface area contributed by atoms with Crippen molar-refractivity contribution in [1.29, 1.82) is 0 Å². The van der Waals surface area contributed by atoms with Gasteiger partial charge in [0.25, 0.3) is 0 Å². The van der Waals surface area contributed by atoms with Crippen molar-refractivity contribution in [3.8, 4) is 0 Å². The van der Waals surface area contributed by atoms with Crippen molar-refractivity contribution in [3.05, 3.63) is 27.7 Å². The Bertz CT molecular complexity index is 629. The molecule has 0 saturated heterocycles. The summed E-state index contributed by atoms with van der Waals surface area (Å²) in [4.78, 5) is 13.0. The number of carboxylic acids is 1. The highest BCUT2D eigenvalue weighted by Gasteiger charge is 2.20. The summed E-state index contributed by atoms with van der Waals surface area (Å²) < 4.78 is 27.5. The second-order valence-corrected chi connectivity index (χ2v) is 7.53. The zero-order valence-electron chi connectivity index (χ0n) is 12.2. The van der Waals surface area contributed by atoms with Crippen molar-refractivity contribution >= 4 is 31.9 Å². The summed E-state index contributed by atoms with van der Waals surface area (Å²) in [5, 5.41) is 9.02. The lowest BCUT2D eigenvalue weighted by Gasteiger charge is -2.13. The van der Waals surface area contributed by atoms with Crippen LogP contribution in [0.15, 0.2) is 21.5 Å². The molecule has 6 nitrogen and oxygen atoms in total. The molecule has 0 amide bonds. The fourth-order valence-electron chi connectivity index (χ4n) is 1.74. The molecule has 0 spiro atoms. The number of halogens is 1. The molecule has 2 N–H and O–H groups in total. The fraction of sp³-hybridized carbons (Fsp3) is 0.462. The molecule has 1 rings (SSSR count). The van der Waals surface area contributed by atoms with Crippen LogP contribution in [0.3, 0.4) is 0 Å². The highest BCUT2D eigenvalue weighted by Crippen LogP contribution is 2.25. The van der Waals surface area contributed by atoms with E-state index in [-0.39, 0.29) is 10.5 Å². The fourth-order valence-corrected chi connectivity index (χ4v) is 3.69. The summed E-state index contributed by atoms with van der Waals surface area (Å²) >= 11 is 3.20. The van der Waals surface area contributed by atoms with Gasteiger partial charge in [0.05, 0.1) is 10.5 Å². The van der Waals surface area contributed by atoms with Crippen LogP contribution in [-0.4, -0.2) is 51.6 Å². The van der Waals surface area contributed by atoms with Crippen LogP contribution >= 0.6 is 15.9 Å². The van der Waals surface area contributed by atoms with E-state index in [1.165, 1.54) is 12.1 Å². The molecule has 21 heavy (non-hydrogen) atoms. The highest BCUT2D eigenvalue weighted by molar-refractivity contribution is 9.10. The molecule has 0 unspecified atom stereocenters. The topological polar surface area (TPSA) is 86.7 Å². The largest absolute Gasteiger partial charge is 0.478 e. The van der Waals surface area contributed by atoms with Crippen molar-refractivity contribution in [1.82, 2.24) is 9.62 Å². The number of hydrogen-bond acceptors (Lipinski definition) is 4. The maximum absolute atomic E-state index is 12.3. The Morgan fingerprint density at radius 3 is 2.52 bits per heavy atom. The number of nitrogens with one attached hydrogen (secondary N) is 1. The average molecular weight is 379 g/mol. The van der Waals surface area contributed by atoms with E-state index in [0.717, 1.165) is 6.54 Å². The van der Waals surface area contributed by atoms with Crippen molar-refractivity contribution in [3.63, 3.8) is 0 Å². The molecule has 0 aliphatic rings. The first-order valence-corrected chi connectivity index (χ1v) is 8.60. The first-order chi connectivity index (χ1) is 9.65. The molecule has 118 valence electrons. The van der Waals surface area contributed by atoms with Gasteiger partial charge in [-0.1, -0.05) is 15.9 Å². The lowest BCUT2D eigenvalue weighted by atomic mass is 10.1. The van der Waals surface area contributed by atoms with Crippen LogP contribution in [0.25, 0.3) is 0 Å². The normalized spacial score (nSPS) is 11.9. The second kappa shape index (κ2) is 7.35. The van der Waals surface area contributed by atoms with Gasteiger partial charge in [-0.2, -0.15) is 0 Å². The van der Waals surface area contributed by atoms with Crippen molar-refractivity contribution < 1.29 is 18.3 Å². The number of benzene rings is 1. The van der Waals surface area contributed by atoms with Crippen molar-refractivity contribution in [2.24, 2.45) is 0 Å². The Labute approximate surface area is 133 Å². The molecule has 0 radical (unpaired) electrons. The average Bonchev–Trinajstić information content (AvgIpc) is 2.37. The summed E-state index contributed by atoms with van der Waals surface area (Å²) in [6.45, 7) is 2.69. The third kappa shape index (κ3) is 5.06. The van der Waals surface area contributed by atoms with E-state index in [1.807, 2.05) is 19.0 Å². The quantitative estimate of drug-likeness (QED) is 0.704. The summed E-state index contributed by atoms with van der Waals surface area (Å²) in [5.41, 5.74) is 0.418. The van der Waals surface area contributed by atoms with Gasteiger partial charge >= 0.3 is 5.97 Å². The predicted molar refractivity (Wildman–Crippen MR) is 84.2 cm³/mol. The van der Waals surface area contributed by atoms with Gasteiger partial charge in [0.15, 0.2) is 0 Å². The van der Waals surface area contributed by atoms with E-state index in [4.69, 9.17) is 5.11 Å². The molecule has 0 aromatic heterocycles. The Balaban J connectivity index is 2.99. The van der Waals surface area contributed by atoms with Crippen LogP contribution in [0.5, 0.6) is 0 Å². The number of nitrogens with zero attached hydrogens (tertiary/aromatic N) is 1. The number of carboxylic acid groups (broad SMARTS) is 1. The number of carbonyl (C=O) groups is 1. The molecule has 1 aromatic carbocycles. The van der Waals surface area contributed by atoms with Gasteiger partial charge in [-0.25, -0.2) is 17.9 Å². The molecule has 0 aliphatic carbocycles. The van der Waals surface area contributed by atoms with Gasteiger partial charge in [0.2, 0.25) is 10.0 Å². The van der Waals surface area contributed by atoms with E-state index in [9.17, 15) is 13.2 Å². The molecule has 0 heterocycles. The number of rotatable bonds is 7. The minimum absolute atomic E-state index is 0.0147.